The van der Waals surface area contributed by atoms with Crippen LogP contribution in [0.5, 0.6) is 0 Å². The van der Waals surface area contributed by atoms with Gasteiger partial charge in [-0.15, -0.1) is 0 Å². The van der Waals surface area contributed by atoms with E-state index in [1.165, 1.54) is 12.1 Å². The van der Waals surface area contributed by atoms with Gasteiger partial charge in [0.05, 0.1) is 11.6 Å². The predicted molar refractivity (Wildman–Crippen MR) is 68.5 cm³/mol. The van der Waals surface area contributed by atoms with Gasteiger partial charge in [-0.3, -0.25) is 4.90 Å². The number of nitrogens with one attached hydrogen (secondary N) is 1. The van der Waals surface area contributed by atoms with Crippen molar-refractivity contribution in [3.63, 3.8) is 0 Å². The van der Waals surface area contributed by atoms with Crippen molar-refractivity contribution >= 4 is 0 Å². The molecule has 1 saturated heterocycles. The molecule has 0 bridgehead atoms. The van der Waals surface area contributed by atoms with Gasteiger partial charge in [-0.05, 0) is 30.7 Å². The quantitative estimate of drug-likeness (QED) is 0.874. The van der Waals surface area contributed by atoms with Gasteiger partial charge in [0.1, 0.15) is 17.9 Å². The molecule has 19 heavy (non-hydrogen) atoms. The van der Waals surface area contributed by atoms with Gasteiger partial charge in [0.2, 0.25) is 0 Å². The second-order valence-electron chi connectivity index (χ2n) is 4.52. The molecule has 1 fully saturated rings. The molecule has 1 aromatic rings. The highest BCUT2D eigenvalue weighted by atomic mass is 19.1. The Bertz CT molecular complexity index is 521. The van der Waals surface area contributed by atoms with Crippen LogP contribution < -0.4 is 5.32 Å². The van der Waals surface area contributed by atoms with Crippen LogP contribution in [0.1, 0.15) is 23.6 Å². The third kappa shape index (κ3) is 3.08. The Morgan fingerprint density at radius 1 is 1.26 bits per heavy atom. The van der Waals surface area contributed by atoms with E-state index in [1.807, 2.05) is 6.07 Å². The topological polar surface area (TPSA) is 62.9 Å². The number of nitriles is 2. The van der Waals surface area contributed by atoms with Gasteiger partial charge in [0.25, 0.3) is 0 Å². The first-order chi connectivity index (χ1) is 9.26. The summed E-state index contributed by atoms with van der Waals surface area (Å²) in [6, 6.07) is 7.96. The zero-order valence-electron chi connectivity index (χ0n) is 10.6. The lowest BCUT2D eigenvalue weighted by Crippen LogP contribution is -2.31. The summed E-state index contributed by atoms with van der Waals surface area (Å²) in [6.07, 6.45) is 0.977. The van der Waals surface area contributed by atoms with E-state index in [2.05, 4.69) is 16.3 Å². The lowest BCUT2D eigenvalue weighted by atomic mass is 10.0. The zero-order chi connectivity index (χ0) is 13.7. The molecule has 0 spiro atoms. The van der Waals surface area contributed by atoms with Crippen LogP contribution in [0.15, 0.2) is 18.2 Å². The van der Waals surface area contributed by atoms with E-state index in [0.717, 1.165) is 32.6 Å². The van der Waals surface area contributed by atoms with Gasteiger partial charge in [-0.2, -0.15) is 10.5 Å². The molecule has 1 unspecified atom stereocenters. The molecule has 1 N–H and O–H groups in total. The van der Waals surface area contributed by atoms with Crippen LogP contribution in [0.2, 0.25) is 0 Å². The molecule has 0 saturated carbocycles. The summed E-state index contributed by atoms with van der Waals surface area (Å²) in [4.78, 5) is 2.06. The fraction of sp³-hybridized carbons (Fsp3) is 0.429. The molecule has 1 atom stereocenters. The van der Waals surface area contributed by atoms with Gasteiger partial charge in [0.15, 0.2) is 0 Å². The van der Waals surface area contributed by atoms with Gasteiger partial charge in [-0.1, -0.05) is 6.07 Å². The fourth-order valence-corrected chi connectivity index (χ4v) is 2.29. The van der Waals surface area contributed by atoms with E-state index in [4.69, 9.17) is 5.26 Å². The van der Waals surface area contributed by atoms with Crippen molar-refractivity contribution in [3.05, 3.63) is 35.1 Å². The SMILES string of the molecule is N#Cc1cc(C(C#N)N2CCCNCC2)ccc1F. The second-order valence-corrected chi connectivity index (χ2v) is 4.52. The number of halogens is 1. The number of benzene rings is 1. The van der Waals surface area contributed by atoms with Gasteiger partial charge < -0.3 is 5.32 Å². The highest BCUT2D eigenvalue weighted by Crippen LogP contribution is 2.22. The molecular weight excluding hydrogens is 243 g/mol. The second kappa shape index (κ2) is 6.29. The number of hydrogen-bond acceptors (Lipinski definition) is 4. The molecule has 98 valence electrons. The summed E-state index contributed by atoms with van der Waals surface area (Å²) < 4.78 is 13.3. The predicted octanol–water partition coefficient (Wildman–Crippen LogP) is 1.56. The highest BCUT2D eigenvalue weighted by molar-refractivity contribution is 5.37. The van der Waals surface area contributed by atoms with Crippen molar-refractivity contribution in [2.75, 3.05) is 26.2 Å². The van der Waals surface area contributed by atoms with E-state index in [0.29, 0.717) is 5.56 Å². The van der Waals surface area contributed by atoms with Crippen molar-refractivity contribution in [1.82, 2.24) is 10.2 Å². The van der Waals surface area contributed by atoms with Crippen molar-refractivity contribution in [2.45, 2.75) is 12.5 Å². The van der Waals surface area contributed by atoms with Gasteiger partial charge in [-0.25, -0.2) is 4.39 Å². The molecular formula is C14H15FN4. The van der Waals surface area contributed by atoms with Crippen molar-refractivity contribution in [1.29, 1.82) is 10.5 Å². The Morgan fingerprint density at radius 2 is 2.11 bits per heavy atom. The molecule has 0 amide bonds. The minimum Gasteiger partial charge on any atom is -0.315 e. The Labute approximate surface area is 112 Å². The summed E-state index contributed by atoms with van der Waals surface area (Å²) in [5.41, 5.74) is 0.674. The number of hydrogen-bond donors (Lipinski definition) is 1. The summed E-state index contributed by atoms with van der Waals surface area (Å²) in [6.45, 7) is 3.38. The minimum atomic E-state index is -0.541. The van der Waals surface area contributed by atoms with Crippen LogP contribution in [-0.4, -0.2) is 31.1 Å². The van der Waals surface area contributed by atoms with E-state index >= 15 is 0 Å². The first-order valence-electron chi connectivity index (χ1n) is 6.30. The molecule has 0 radical (unpaired) electrons. The normalized spacial score (nSPS) is 18.1. The van der Waals surface area contributed by atoms with E-state index < -0.39 is 11.9 Å². The summed E-state index contributed by atoms with van der Waals surface area (Å²) in [5, 5.41) is 21.5. The monoisotopic (exact) mass is 258 g/mol. The molecule has 0 aromatic heterocycles. The van der Waals surface area contributed by atoms with Crippen LogP contribution in [-0.2, 0) is 0 Å². The van der Waals surface area contributed by atoms with Crippen LogP contribution in [0.3, 0.4) is 0 Å². The molecule has 1 heterocycles. The lowest BCUT2D eigenvalue weighted by Gasteiger charge is -2.25. The Kier molecular flexibility index (Phi) is 4.46. The average molecular weight is 258 g/mol. The molecule has 4 nitrogen and oxygen atoms in total. The van der Waals surface area contributed by atoms with Crippen LogP contribution in [0.4, 0.5) is 4.39 Å². The molecule has 1 aliphatic rings. The van der Waals surface area contributed by atoms with E-state index in [9.17, 15) is 9.65 Å². The minimum absolute atomic E-state index is 0.00861. The van der Waals surface area contributed by atoms with Crippen LogP contribution in [0, 0.1) is 28.5 Å². The third-order valence-corrected chi connectivity index (χ3v) is 3.29. The molecule has 5 heteroatoms. The zero-order valence-corrected chi connectivity index (χ0v) is 10.6. The van der Waals surface area contributed by atoms with Crippen molar-refractivity contribution in [2.24, 2.45) is 0 Å². The first kappa shape index (κ1) is 13.5. The van der Waals surface area contributed by atoms with E-state index in [-0.39, 0.29) is 5.56 Å². The number of rotatable bonds is 2. The summed E-state index contributed by atoms with van der Waals surface area (Å²) >= 11 is 0. The van der Waals surface area contributed by atoms with Gasteiger partial charge >= 0.3 is 0 Å². The largest absolute Gasteiger partial charge is 0.315 e. The Morgan fingerprint density at radius 3 is 2.84 bits per heavy atom. The third-order valence-electron chi connectivity index (χ3n) is 3.29. The summed E-state index contributed by atoms with van der Waals surface area (Å²) in [7, 11) is 0. The standard InChI is InChI=1S/C14H15FN4/c15-13-3-2-11(8-12(13)9-16)14(10-17)19-6-1-4-18-5-7-19/h2-3,8,14,18H,1,4-7H2. The van der Waals surface area contributed by atoms with Crippen molar-refractivity contribution < 1.29 is 4.39 Å². The maximum absolute atomic E-state index is 13.3. The van der Waals surface area contributed by atoms with E-state index in [1.54, 1.807) is 6.07 Å². The summed E-state index contributed by atoms with van der Waals surface area (Å²) in [5.74, 6) is -0.541. The van der Waals surface area contributed by atoms with Crippen molar-refractivity contribution in [3.8, 4) is 12.1 Å². The Balaban J connectivity index is 2.26. The number of nitrogens with zero attached hydrogens (tertiary/aromatic N) is 3. The maximum atomic E-state index is 13.3. The smallest absolute Gasteiger partial charge is 0.140 e. The van der Waals surface area contributed by atoms with Crippen LogP contribution >= 0.6 is 0 Å². The molecule has 1 aromatic carbocycles. The molecule has 2 rings (SSSR count). The first-order valence-corrected chi connectivity index (χ1v) is 6.30. The van der Waals surface area contributed by atoms with Crippen LogP contribution in [0.25, 0.3) is 0 Å². The van der Waals surface area contributed by atoms with Gasteiger partial charge in [0, 0.05) is 19.6 Å². The Hall–Kier alpha value is -1.95. The maximum Gasteiger partial charge on any atom is 0.140 e. The lowest BCUT2D eigenvalue weighted by molar-refractivity contribution is 0.252. The fourth-order valence-electron chi connectivity index (χ4n) is 2.29. The highest BCUT2D eigenvalue weighted by Gasteiger charge is 2.21. The molecule has 0 aliphatic carbocycles. The average Bonchev–Trinajstić information content (AvgIpc) is 2.70. The molecule has 1 aliphatic heterocycles.